The van der Waals surface area contributed by atoms with Gasteiger partial charge < -0.3 is 10.0 Å². The van der Waals surface area contributed by atoms with E-state index >= 15 is 0 Å². The van der Waals surface area contributed by atoms with Crippen molar-refractivity contribution in [3.8, 4) is 0 Å². The van der Waals surface area contributed by atoms with E-state index in [2.05, 4.69) is 0 Å². The number of carbonyl (C=O) groups excluding carboxylic acids is 1. The van der Waals surface area contributed by atoms with Crippen LogP contribution in [0.25, 0.3) is 0 Å². The monoisotopic (exact) mass is 329 g/mol. The number of carbonyl (C=O) groups is 2. The summed E-state index contributed by atoms with van der Waals surface area (Å²) in [5, 5.41) is 9.33. The van der Waals surface area contributed by atoms with Crippen LogP contribution in [-0.4, -0.2) is 35.0 Å². The highest BCUT2D eigenvalue weighted by Gasteiger charge is 2.55. The summed E-state index contributed by atoms with van der Waals surface area (Å²) in [5.41, 5.74) is -1.05. The lowest BCUT2D eigenvalue weighted by molar-refractivity contribution is -0.149. The van der Waals surface area contributed by atoms with Gasteiger partial charge >= 0.3 is 5.97 Å². The van der Waals surface area contributed by atoms with E-state index in [0.717, 1.165) is 25.0 Å². The second-order valence-corrected chi connectivity index (χ2v) is 6.39. The molecule has 1 aliphatic heterocycles. The molecule has 22 heavy (non-hydrogen) atoms. The minimum Gasteiger partial charge on any atom is -0.481 e. The smallest absolute Gasteiger partial charge is 0.311 e. The molecule has 4 nitrogen and oxygen atoms in total. The van der Waals surface area contributed by atoms with E-state index in [1.54, 1.807) is 0 Å². The molecule has 0 radical (unpaired) electrons. The molecule has 1 saturated carbocycles. The first-order chi connectivity index (χ1) is 10.3. The van der Waals surface area contributed by atoms with Crippen molar-refractivity contribution in [3.05, 3.63) is 34.4 Å². The summed E-state index contributed by atoms with van der Waals surface area (Å²) >= 11 is 5.82. The van der Waals surface area contributed by atoms with E-state index in [4.69, 9.17) is 11.6 Å². The predicted molar refractivity (Wildman–Crippen MR) is 74.7 cm³/mol. The number of fused-ring (bicyclic) bond motifs is 1. The maximum Gasteiger partial charge on any atom is 0.311 e. The number of hydrogen-bond acceptors (Lipinski definition) is 2. The van der Waals surface area contributed by atoms with Gasteiger partial charge in [-0.1, -0.05) is 18.0 Å². The number of hydrogen-bond donors (Lipinski definition) is 1. The Morgan fingerprint density at radius 1 is 1.32 bits per heavy atom. The highest BCUT2D eigenvalue weighted by atomic mass is 35.5. The third-order valence-corrected chi connectivity index (χ3v) is 5.14. The number of likely N-dealkylation sites (tertiary alicyclic amines) is 1. The van der Waals surface area contributed by atoms with Crippen molar-refractivity contribution in [3.63, 3.8) is 0 Å². The molecule has 2 fully saturated rings. The Kier molecular flexibility index (Phi) is 3.59. The number of benzene rings is 1. The quantitative estimate of drug-likeness (QED) is 0.849. The van der Waals surface area contributed by atoms with Crippen molar-refractivity contribution >= 4 is 23.5 Å². The summed E-state index contributed by atoms with van der Waals surface area (Å²) in [4.78, 5) is 25.5. The zero-order chi connectivity index (χ0) is 16.1. The Morgan fingerprint density at radius 3 is 2.64 bits per heavy atom. The van der Waals surface area contributed by atoms with E-state index in [0.29, 0.717) is 13.0 Å². The molecule has 1 heterocycles. The largest absolute Gasteiger partial charge is 0.481 e. The van der Waals surface area contributed by atoms with E-state index in [1.807, 2.05) is 0 Å². The number of nitrogens with zero attached hydrogens (tertiary/aromatic N) is 1. The SMILES string of the molecule is O=C(c1cc(F)c(F)cc1Cl)N1C[C@@H]2CCC[C@@]2(C(=O)O)C1. The van der Waals surface area contributed by atoms with Crippen molar-refractivity contribution in [2.24, 2.45) is 11.3 Å². The highest BCUT2D eigenvalue weighted by molar-refractivity contribution is 6.33. The first-order valence-electron chi connectivity index (χ1n) is 7.02. The number of carboxylic acid groups (broad SMARTS) is 1. The molecule has 1 aromatic carbocycles. The number of halogens is 3. The van der Waals surface area contributed by atoms with Gasteiger partial charge in [-0.2, -0.15) is 0 Å². The summed E-state index contributed by atoms with van der Waals surface area (Å²) in [6.45, 7) is 0.390. The fourth-order valence-electron chi connectivity index (χ4n) is 3.65. The molecule has 1 amide bonds. The molecule has 0 bridgehead atoms. The first-order valence-corrected chi connectivity index (χ1v) is 7.40. The van der Waals surface area contributed by atoms with Gasteiger partial charge in [-0.15, -0.1) is 0 Å². The summed E-state index contributed by atoms with van der Waals surface area (Å²) < 4.78 is 26.4. The van der Waals surface area contributed by atoms with Crippen LogP contribution in [-0.2, 0) is 4.79 Å². The van der Waals surface area contributed by atoms with Crippen LogP contribution in [0.4, 0.5) is 8.78 Å². The molecule has 0 spiro atoms. The lowest BCUT2D eigenvalue weighted by atomic mass is 9.81. The fourth-order valence-corrected chi connectivity index (χ4v) is 3.88. The Bertz CT molecular complexity index is 666. The Hall–Kier alpha value is -1.69. The third-order valence-electron chi connectivity index (χ3n) is 4.82. The van der Waals surface area contributed by atoms with Crippen molar-refractivity contribution in [1.82, 2.24) is 4.90 Å². The van der Waals surface area contributed by atoms with Crippen LogP contribution in [0.2, 0.25) is 5.02 Å². The average molecular weight is 330 g/mol. The zero-order valence-corrected chi connectivity index (χ0v) is 12.4. The Balaban J connectivity index is 1.89. The minimum atomic E-state index is -1.15. The van der Waals surface area contributed by atoms with Crippen LogP contribution in [0, 0.1) is 23.0 Å². The van der Waals surface area contributed by atoms with Crippen molar-refractivity contribution in [1.29, 1.82) is 0 Å². The fraction of sp³-hybridized carbons (Fsp3) is 0.467. The molecule has 2 atom stereocenters. The van der Waals surface area contributed by atoms with Gasteiger partial charge in [-0.25, -0.2) is 8.78 Å². The average Bonchev–Trinajstić information content (AvgIpc) is 2.99. The van der Waals surface area contributed by atoms with Crippen LogP contribution < -0.4 is 0 Å². The lowest BCUT2D eigenvalue weighted by Crippen LogP contribution is -2.37. The molecule has 1 saturated heterocycles. The molecule has 3 rings (SSSR count). The lowest BCUT2D eigenvalue weighted by Gasteiger charge is -2.23. The van der Waals surface area contributed by atoms with Crippen LogP contribution >= 0.6 is 11.6 Å². The maximum absolute atomic E-state index is 13.3. The molecule has 1 aliphatic carbocycles. The number of amides is 1. The van der Waals surface area contributed by atoms with Crippen LogP contribution in [0.3, 0.4) is 0 Å². The predicted octanol–water partition coefficient (Wildman–Crippen LogP) is 2.95. The third kappa shape index (κ3) is 2.17. The maximum atomic E-state index is 13.3. The van der Waals surface area contributed by atoms with Crippen LogP contribution in [0.5, 0.6) is 0 Å². The van der Waals surface area contributed by atoms with E-state index in [-0.39, 0.29) is 23.0 Å². The summed E-state index contributed by atoms with van der Waals surface area (Å²) in [5.74, 6) is -3.83. The second kappa shape index (κ2) is 5.19. The molecule has 118 valence electrons. The molecule has 1 N–H and O–H groups in total. The van der Waals surface area contributed by atoms with Gasteiger partial charge in [0.15, 0.2) is 11.6 Å². The molecule has 0 aromatic heterocycles. The zero-order valence-electron chi connectivity index (χ0n) is 11.6. The number of aliphatic carboxylic acids is 1. The number of carboxylic acids is 1. The van der Waals surface area contributed by atoms with Gasteiger partial charge in [0.25, 0.3) is 5.91 Å². The Morgan fingerprint density at radius 2 is 2.00 bits per heavy atom. The summed E-state index contributed by atoms with van der Waals surface area (Å²) in [6, 6.07) is 1.52. The molecular weight excluding hydrogens is 316 g/mol. The molecular formula is C15H14ClF2NO3. The molecule has 7 heteroatoms. The van der Waals surface area contributed by atoms with Crippen molar-refractivity contribution in [2.75, 3.05) is 13.1 Å². The van der Waals surface area contributed by atoms with E-state index < -0.39 is 28.9 Å². The van der Waals surface area contributed by atoms with Crippen molar-refractivity contribution in [2.45, 2.75) is 19.3 Å². The van der Waals surface area contributed by atoms with Gasteiger partial charge in [-0.3, -0.25) is 9.59 Å². The van der Waals surface area contributed by atoms with Crippen molar-refractivity contribution < 1.29 is 23.5 Å². The van der Waals surface area contributed by atoms with Gasteiger partial charge in [0.1, 0.15) is 0 Å². The van der Waals surface area contributed by atoms with Gasteiger partial charge in [0.05, 0.1) is 16.0 Å². The highest BCUT2D eigenvalue weighted by Crippen LogP contribution is 2.49. The standard InChI is InChI=1S/C15H14ClF2NO3/c16-10-5-12(18)11(17)4-9(10)13(20)19-6-8-2-1-3-15(8,7-19)14(21)22/h4-5,8H,1-3,6-7H2,(H,21,22)/t8-,15+/m0/s1. The first kappa shape index (κ1) is 15.2. The van der Waals surface area contributed by atoms with Gasteiger partial charge in [0.2, 0.25) is 0 Å². The van der Waals surface area contributed by atoms with E-state index in [1.165, 1.54) is 4.90 Å². The van der Waals surface area contributed by atoms with Gasteiger partial charge in [-0.05, 0) is 30.9 Å². The van der Waals surface area contributed by atoms with Crippen LogP contribution in [0.1, 0.15) is 29.6 Å². The summed E-state index contributed by atoms with van der Waals surface area (Å²) in [6.07, 6.45) is 2.11. The second-order valence-electron chi connectivity index (χ2n) is 5.98. The molecule has 0 unspecified atom stereocenters. The molecule has 2 aliphatic rings. The summed E-state index contributed by atoms with van der Waals surface area (Å²) in [7, 11) is 0. The minimum absolute atomic E-state index is 0.0845. The normalized spacial score (nSPS) is 27.0. The van der Waals surface area contributed by atoms with E-state index in [9.17, 15) is 23.5 Å². The Labute approximate surface area is 130 Å². The molecule has 1 aromatic rings. The topological polar surface area (TPSA) is 57.6 Å². The van der Waals surface area contributed by atoms with Crippen LogP contribution in [0.15, 0.2) is 12.1 Å². The van der Waals surface area contributed by atoms with Gasteiger partial charge in [0, 0.05) is 13.1 Å². The number of rotatable bonds is 2.